The van der Waals surface area contributed by atoms with Crippen molar-refractivity contribution in [1.82, 2.24) is 0 Å². The van der Waals surface area contributed by atoms with E-state index in [2.05, 4.69) is 35.8 Å². The second-order valence-electron chi connectivity index (χ2n) is 2.69. The molecule has 3 heteroatoms. The molecule has 0 aliphatic rings. The number of hydrogen-bond acceptors (Lipinski definition) is 2. The summed E-state index contributed by atoms with van der Waals surface area (Å²) in [7, 11) is 0. The summed E-state index contributed by atoms with van der Waals surface area (Å²) in [5.74, 6) is 0.491. The van der Waals surface area contributed by atoms with E-state index in [-0.39, 0.29) is 0 Å². The van der Waals surface area contributed by atoms with Gasteiger partial charge in [-0.25, -0.2) is 0 Å². The molecule has 1 aromatic heterocycles. The molecule has 0 amide bonds. The molecule has 11 heavy (non-hydrogen) atoms. The molecule has 1 aromatic rings. The molecular formula is C8H12BrNS. The zero-order valence-electron chi connectivity index (χ0n) is 6.73. The van der Waals surface area contributed by atoms with Gasteiger partial charge in [0.15, 0.2) is 0 Å². The van der Waals surface area contributed by atoms with Crippen LogP contribution in [0.2, 0.25) is 0 Å². The lowest BCUT2D eigenvalue weighted by Gasteiger charge is -2.02. The number of thiophene rings is 1. The van der Waals surface area contributed by atoms with Gasteiger partial charge >= 0.3 is 0 Å². The Hall–Kier alpha value is 0.140. The highest BCUT2D eigenvalue weighted by Gasteiger charge is 2.07. The Bertz CT molecular complexity index is 225. The quantitative estimate of drug-likeness (QED) is 0.836. The summed E-state index contributed by atoms with van der Waals surface area (Å²) in [5.41, 5.74) is 5.55. The molecule has 0 saturated carbocycles. The molecule has 1 nitrogen and oxygen atoms in total. The van der Waals surface area contributed by atoms with E-state index < -0.39 is 0 Å². The van der Waals surface area contributed by atoms with Gasteiger partial charge in [-0.1, -0.05) is 6.92 Å². The minimum absolute atomic E-state index is 0.491. The van der Waals surface area contributed by atoms with Crippen molar-refractivity contribution in [3.63, 3.8) is 0 Å². The smallest absolute Gasteiger partial charge is 0.0314 e. The first-order chi connectivity index (χ1) is 5.15. The van der Waals surface area contributed by atoms with Crippen molar-refractivity contribution in [1.29, 1.82) is 0 Å². The second-order valence-corrected chi connectivity index (χ2v) is 4.83. The van der Waals surface area contributed by atoms with Crippen LogP contribution in [0.4, 0.5) is 0 Å². The molecule has 0 saturated heterocycles. The van der Waals surface area contributed by atoms with Crippen LogP contribution in [0.5, 0.6) is 0 Å². The highest BCUT2D eigenvalue weighted by Crippen LogP contribution is 2.30. The van der Waals surface area contributed by atoms with Crippen molar-refractivity contribution >= 4 is 27.3 Å². The maximum absolute atomic E-state index is 5.55. The summed E-state index contributed by atoms with van der Waals surface area (Å²) in [6.45, 7) is 4.99. The number of halogens is 1. The van der Waals surface area contributed by atoms with Gasteiger partial charge in [-0.15, -0.1) is 11.3 Å². The third-order valence-electron chi connectivity index (χ3n) is 1.72. The predicted molar refractivity (Wildman–Crippen MR) is 54.2 cm³/mol. The van der Waals surface area contributed by atoms with Gasteiger partial charge in [0, 0.05) is 20.1 Å². The highest BCUT2D eigenvalue weighted by atomic mass is 79.9. The first kappa shape index (κ1) is 9.23. The number of hydrogen-bond donors (Lipinski definition) is 1. The molecule has 0 aliphatic carbocycles. The van der Waals surface area contributed by atoms with Crippen molar-refractivity contribution in [2.75, 3.05) is 6.54 Å². The van der Waals surface area contributed by atoms with Crippen LogP contribution in [-0.4, -0.2) is 6.54 Å². The van der Waals surface area contributed by atoms with E-state index in [1.54, 1.807) is 0 Å². The van der Waals surface area contributed by atoms with Gasteiger partial charge in [0.2, 0.25) is 0 Å². The van der Waals surface area contributed by atoms with E-state index in [1.807, 2.05) is 11.3 Å². The van der Waals surface area contributed by atoms with Crippen LogP contribution in [0, 0.1) is 6.92 Å². The summed E-state index contributed by atoms with van der Waals surface area (Å²) in [6.07, 6.45) is 0. The average Bonchev–Trinajstić information content (AvgIpc) is 2.31. The van der Waals surface area contributed by atoms with E-state index in [9.17, 15) is 0 Å². The number of aryl methyl sites for hydroxylation is 1. The van der Waals surface area contributed by atoms with Crippen molar-refractivity contribution in [2.24, 2.45) is 5.73 Å². The van der Waals surface area contributed by atoms with E-state index in [4.69, 9.17) is 5.73 Å². The zero-order valence-corrected chi connectivity index (χ0v) is 9.13. The van der Waals surface area contributed by atoms with Crippen molar-refractivity contribution < 1.29 is 0 Å². The Morgan fingerprint density at radius 1 is 1.73 bits per heavy atom. The van der Waals surface area contributed by atoms with Gasteiger partial charge in [0.25, 0.3) is 0 Å². The third kappa shape index (κ3) is 2.04. The molecule has 2 N–H and O–H groups in total. The minimum Gasteiger partial charge on any atom is -0.330 e. The summed E-state index contributed by atoms with van der Waals surface area (Å²) in [5, 5.41) is 0. The highest BCUT2D eigenvalue weighted by molar-refractivity contribution is 9.10. The maximum atomic E-state index is 5.55. The van der Waals surface area contributed by atoms with Gasteiger partial charge in [-0.3, -0.25) is 0 Å². The van der Waals surface area contributed by atoms with Crippen molar-refractivity contribution in [3.8, 4) is 0 Å². The molecule has 0 bridgehead atoms. The van der Waals surface area contributed by atoms with Gasteiger partial charge in [0.05, 0.1) is 0 Å². The van der Waals surface area contributed by atoms with Crippen LogP contribution in [-0.2, 0) is 0 Å². The van der Waals surface area contributed by atoms with E-state index in [0.29, 0.717) is 5.92 Å². The molecule has 0 aromatic carbocycles. The van der Waals surface area contributed by atoms with Gasteiger partial charge in [0.1, 0.15) is 0 Å². The molecule has 1 atom stereocenters. The number of rotatable bonds is 2. The summed E-state index contributed by atoms with van der Waals surface area (Å²) >= 11 is 5.30. The largest absolute Gasteiger partial charge is 0.330 e. The Balaban J connectivity index is 2.88. The SMILES string of the molecule is Cc1sc(C(C)CN)cc1Br. The Labute approximate surface area is 79.7 Å². The molecule has 1 heterocycles. The lowest BCUT2D eigenvalue weighted by Crippen LogP contribution is -2.06. The molecule has 62 valence electrons. The predicted octanol–water partition coefficient (Wildman–Crippen LogP) is 2.88. The van der Waals surface area contributed by atoms with Gasteiger partial charge in [-0.2, -0.15) is 0 Å². The van der Waals surface area contributed by atoms with Gasteiger partial charge in [-0.05, 0) is 35.5 Å². The molecule has 0 radical (unpaired) electrons. The molecular weight excluding hydrogens is 222 g/mol. The van der Waals surface area contributed by atoms with E-state index >= 15 is 0 Å². The molecule has 1 rings (SSSR count). The minimum atomic E-state index is 0.491. The van der Waals surface area contributed by atoms with Crippen LogP contribution in [0.15, 0.2) is 10.5 Å². The van der Waals surface area contributed by atoms with Crippen LogP contribution in [0.1, 0.15) is 22.6 Å². The topological polar surface area (TPSA) is 26.0 Å². The fourth-order valence-electron chi connectivity index (χ4n) is 0.841. The fraction of sp³-hybridized carbons (Fsp3) is 0.500. The Morgan fingerprint density at radius 2 is 2.36 bits per heavy atom. The lowest BCUT2D eigenvalue weighted by atomic mass is 10.1. The van der Waals surface area contributed by atoms with Crippen LogP contribution in [0.25, 0.3) is 0 Å². The third-order valence-corrected chi connectivity index (χ3v) is 4.08. The Kier molecular flexibility index (Phi) is 3.10. The first-order valence-electron chi connectivity index (χ1n) is 3.61. The lowest BCUT2D eigenvalue weighted by molar-refractivity contribution is 0.790. The fourth-order valence-corrected chi connectivity index (χ4v) is 2.47. The van der Waals surface area contributed by atoms with Crippen molar-refractivity contribution in [2.45, 2.75) is 19.8 Å². The number of nitrogens with two attached hydrogens (primary N) is 1. The standard InChI is InChI=1S/C8H12BrNS/c1-5(4-10)8-3-7(9)6(2)11-8/h3,5H,4,10H2,1-2H3. The average molecular weight is 234 g/mol. The molecule has 1 unspecified atom stereocenters. The summed E-state index contributed by atoms with van der Waals surface area (Å²) in [6, 6.07) is 2.16. The van der Waals surface area contributed by atoms with Crippen LogP contribution in [0.3, 0.4) is 0 Å². The molecule has 0 aliphatic heterocycles. The molecule has 0 fully saturated rings. The van der Waals surface area contributed by atoms with Gasteiger partial charge < -0.3 is 5.73 Å². The maximum Gasteiger partial charge on any atom is 0.0314 e. The first-order valence-corrected chi connectivity index (χ1v) is 5.22. The monoisotopic (exact) mass is 233 g/mol. The Morgan fingerprint density at radius 3 is 2.73 bits per heavy atom. The summed E-state index contributed by atoms with van der Waals surface area (Å²) < 4.78 is 1.21. The van der Waals surface area contributed by atoms with E-state index in [0.717, 1.165) is 6.54 Å². The van der Waals surface area contributed by atoms with Crippen molar-refractivity contribution in [3.05, 3.63) is 20.3 Å². The second kappa shape index (κ2) is 3.70. The molecule has 0 spiro atoms. The zero-order chi connectivity index (χ0) is 8.43. The van der Waals surface area contributed by atoms with Crippen LogP contribution < -0.4 is 5.73 Å². The van der Waals surface area contributed by atoms with E-state index in [1.165, 1.54) is 14.2 Å². The normalized spacial score (nSPS) is 13.5. The summed E-state index contributed by atoms with van der Waals surface area (Å²) in [4.78, 5) is 2.71. The van der Waals surface area contributed by atoms with Crippen LogP contribution >= 0.6 is 27.3 Å².